The third-order valence-corrected chi connectivity index (χ3v) is 4.52. The maximum atomic E-state index is 14.4. The number of benzene rings is 1. The van der Waals surface area contributed by atoms with Crippen LogP contribution in [0.4, 0.5) is 10.1 Å². The normalized spacial score (nSPS) is 20.1. The van der Waals surface area contributed by atoms with Crippen molar-refractivity contribution >= 4 is 17.5 Å². The van der Waals surface area contributed by atoms with Crippen molar-refractivity contribution < 1.29 is 14.0 Å². The standard InChI is InChI=1S/C17H22FN3O2/c1-2-7-21(12-5-6-19-10-12)17(23)13-8-11-3-4-16(22)20-15(11)9-14(13)18/h8-9,12,19H,2-7,10H2,1H3,(H,20,22). The highest BCUT2D eigenvalue weighted by Gasteiger charge is 2.29. The number of nitrogens with zero attached hydrogens (tertiary/aromatic N) is 1. The van der Waals surface area contributed by atoms with E-state index in [0.29, 0.717) is 25.1 Å². The molecular formula is C17H22FN3O2. The van der Waals surface area contributed by atoms with Gasteiger partial charge in [0.1, 0.15) is 5.82 Å². The van der Waals surface area contributed by atoms with E-state index in [1.54, 1.807) is 11.0 Å². The van der Waals surface area contributed by atoms with E-state index < -0.39 is 5.82 Å². The first-order valence-electron chi connectivity index (χ1n) is 8.24. The van der Waals surface area contributed by atoms with Crippen molar-refractivity contribution in [3.05, 3.63) is 29.1 Å². The van der Waals surface area contributed by atoms with Crippen LogP contribution in [0, 0.1) is 5.82 Å². The van der Waals surface area contributed by atoms with E-state index in [1.165, 1.54) is 6.07 Å². The second-order valence-electron chi connectivity index (χ2n) is 6.18. The summed E-state index contributed by atoms with van der Waals surface area (Å²) in [6.45, 7) is 4.28. The van der Waals surface area contributed by atoms with Gasteiger partial charge in [-0.05, 0) is 43.5 Å². The van der Waals surface area contributed by atoms with Crippen LogP contribution in [0.5, 0.6) is 0 Å². The van der Waals surface area contributed by atoms with E-state index in [1.807, 2.05) is 6.92 Å². The zero-order valence-corrected chi connectivity index (χ0v) is 13.3. The molecule has 1 atom stereocenters. The number of carbonyl (C=O) groups excluding carboxylic acids is 2. The third kappa shape index (κ3) is 3.22. The second kappa shape index (κ2) is 6.66. The molecule has 0 bridgehead atoms. The number of carbonyl (C=O) groups is 2. The highest BCUT2D eigenvalue weighted by Crippen LogP contribution is 2.27. The van der Waals surface area contributed by atoms with Crippen molar-refractivity contribution in [1.29, 1.82) is 0 Å². The van der Waals surface area contributed by atoms with Gasteiger partial charge in [-0.15, -0.1) is 0 Å². The van der Waals surface area contributed by atoms with Crippen molar-refractivity contribution in [3.8, 4) is 0 Å². The average molecular weight is 319 g/mol. The summed E-state index contributed by atoms with van der Waals surface area (Å²) in [5.41, 5.74) is 1.43. The smallest absolute Gasteiger partial charge is 0.257 e. The highest BCUT2D eigenvalue weighted by molar-refractivity contribution is 5.98. The Morgan fingerprint density at radius 1 is 1.39 bits per heavy atom. The van der Waals surface area contributed by atoms with Gasteiger partial charge in [0, 0.05) is 31.2 Å². The molecule has 1 aromatic rings. The monoisotopic (exact) mass is 319 g/mol. The molecule has 0 spiro atoms. The minimum absolute atomic E-state index is 0.111. The minimum atomic E-state index is -0.567. The quantitative estimate of drug-likeness (QED) is 0.891. The zero-order valence-electron chi connectivity index (χ0n) is 13.3. The topological polar surface area (TPSA) is 61.4 Å². The maximum Gasteiger partial charge on any atom is 0.257 e. The summed E-state index contributed by atoms with van der Waals surface area (Å²) >= 11 is 0. The maximum absolute atomic E-state index is 14.4. The lowest BCUT2D eigenvalue weighted by Gasteiger charge is -2.29. The van der Waals surface area contributed by atoms with Crippen LogP contribution in [0.15, 0.2) is 12.1 Å². The van der Waals surface area contributed by atoms with E-state index in [4.69, 9.17) is 0 Å². The largest absolute Gasteiger partial charge is 0.334 e. The molecule has 23 heavy (non-hydrogen) atoms. The number of nitrogens with one attached hydrogen (secondary N) is 2. The van der Waals surface area contributed by atoms with Gasteiger partial charge in [-0.2, -0.15) is 0 Å². The minimum Gasteiger partial charge on any atom is -0.334 e. The van der Waals surface area contributed by atoms with Crippen LogP contribution < -0.4 is 10.6 Å². The van der Waals surface area contributed by atoms with Gasteiger partial charge in [0.15, 0.2) is 0 Å². The lowest BCUT2D eigenvalue weighted by molar-refractivity contribution is -0.116. The van der Waals surface area contributed by atoms with Crippen LogP contribution in [0.1, 0.15) is 42.1 Å². The van der Waals surface area contributed by atoms with Crippen LogP contribution in [-0.4, -0.2) is 42.4 Å². The second-order valence-corrected chi connectivity index (χ2v) is 6.18. The van der Waals surface area contributed by atoms with Crippen molar-refractivity contribution in [3.63, 3.8) is 0 Å². The Bertz CT molecular complexity index is 627. The molecular weight excluding hydrogens is 297 g/mol. The van der Waals surface area contributed by atoms with E-state index in [2.05, 4.69) is 10.6 Å². The van der Waals surface area contributed by atoms with Gasteiger partial charge in [0.25, 0.3) is 5.91 Å². The Hall–Kier alpha value is -1.95. The van der Waals surface area contributed by atoms with Crippen molar-refractivity contribution in [1.82, 2.24) is 10.2 Å². The van der Waals surface area contributed by atoms with Gasteiger partial charge >= 0.3 is 0 Å². The molecule has 0 saturated carbocycles. The highest BCUT2D eigenvalue weighted by atomic mass is 19.1. The molecule has 124 valence electrons. The van der Waals surface area contributed by atoms with Crippen molar-refractivity contribution in [2.45, 2.75) is 38.6 Å². The fourth-order valence-electron chi connectivity index (χ4n) is 3.32. The summed E-state index contributed by atoms with van der Waals surface area (Å²) in [5.74, 6) is -0.929. The first-order chi connectivity index (χ1) is 11.1. The molecule has 3 rings (SSSR count). The molecule has 1 unspecified atom stereocenters. The molecule has 6 heteroatoms. The molecule has 2 heterocycles. The van der Waals surface area contributed by atoms with E-state index in [0.717, 1.165) is 31.5 Å². The molecule has 0 aliphatic carbocycles. The molecule has 0 aromatic heterocycles. The average Bonchev–Trinajstić information content (AvgIpc) is 3.05. The fourth-order valence-corrected chi connectivity index (χ4v) is 3.32. The van der Waals surface area contributed by atoms with Gasteiger partial charge in [-0.1, -0.05) is 6.92 Å². The van der Waals surface area contributed by atoms with Crippen LogP contribution in [0.2, 0.25) is 0 Å². The molecule has 2 N–H and O–H groups in total. The Morgan fingerprint density at radius 2 is 2.22 bits per heavy atom. The number of hydrogen-bond acceptors (Lipinski definition) is 3. The Balaban J connectivity index is 1.89. The zero-order chi connectivity index (χ0) is 16.4. The predicted octanol–water partition coefficient (Wildman–Crippen LogP) is 1.92. The Morgan fingerprint density at radius 3 is 2.91 bits per heavy atom. The number of halogens is 1. The molecule has 1 saturated heterocycles. The lowest BCUT2D eigenvalue weighted by Crippen LogP contribution is -2.42. The SMILES string of the molecule is CCCN(C(=O)c1cc2c(cc1F)NC(=O)CC2)C1CCNC1. The number of anilines is 1. The van der Waals surface area contributed by atoms with Crippen molar-refractivity contribution in [2.24, 2.45) is 0 Å². The van der Waals surface area contributed by atoms with Crippen molar-refractivity contribution in [2.75, 3.05) is 25.0 Å². The summed E-state index contributed by atoms with van der Waals surface area (Å²) in [6.07, 6.45) is 2.65. The summed E-state index contributed by atoms with van der Waals surface area (Å²) in [4.78, 5) is 26.1. The lowest BCUT2D eigenvalue weighted by atomic mass is 9.99. The van der Waals surface area contributed by atoms with Gasteiger partial charge in [0.05, 0.1) is 5.56 Å². The first-order valence-corrected chi connectivity index (χ1v) is 8.24. The van der Waals surface area contributed by atoms with E-state index in [9.17, 15) is 14.0 Å². The van der Waals surface area contributed by atoms with Gasteiger partial charge in [-0.25, -0.2) is 4.39 Å². The molecule has 2 aliphatic rings. The fraction of sp³-hybridized carbons (Fsp3) is 0.529. The summed E-state index contributed by atoms with van der Waals surface area (Å²) in [5, 5.41) is 5.91. The third-order valence-electron chi connectivity index (χ3n) is 4.52. The first kappa shape index (κ1) is 15.9. The van der Waals surface area contributed by atoms with Crippen LogP contribution in [0.25, 0.3) is 0 Å². The summed E-state index contributed by atoms with van der Waals surface area (Å²) in [6, 6.07) is 3.01. The van der Waals surface area contributed by atoms with E-state index >= 15 is 0 Å². The number of fused-ring (bicyclic) bond motifs is 1. The molecule has 5 nitrogen and oxygen atoms in total. The predicted molar refractivity (Wildman–Crippen MR) is 86.0 cm³/mol. The Kier molecular flexibility index (Phi) is 4.61. The van der Waals surface area contributed by atoms with Crippen LogP contribution in [0.3, 0.4) is 0 Å². The number of rotatable bonds is 4. The summed E-state index contributed by atoms with van der Waals surface area (Å²) in [7, 11) is 0. The molecule has 1 fully saturated rings. The molecule has 0 radical (unpaired) electrons. The number of aryl methyl sites for hydroxylation is 1. The molecule has 2 aliphatic heterocycles. The van der Waals surface area contributed by atoms with Crippen LogP contribution in [-0.2, 0) is 11.2 Å². The number of hydrogen-bond donors (Lipinski definition) is 2. The molecule has 1 aromatic carbocycles. The summed E-state index contributed by atoms with van der Waals surface area (Å²) < 4.78 is 14.4. The number of amides is 2. The Labute approximate surface area is 135 Å². The molecule has 2 amide bonds. The van der Waals surface area contributed by atoms with Gasteiger partial charge in [0.2, 0.25) is 5.91 Å². The van der Waals surface area contributed by atoms with Crippen LogP contribution >= 0.6 is 0 Å². The van der Waals surface area contributed by atoms with Gasteiger partial charge < -0.3 is 15.5 Å². The van der Waals surface area contributed by atoms with Gasteiger partial charge in [-0.3, -0.25) is 9.59 Å². The van der Waals surface area contributed by atoms with E-state index in [-0.39, 0.29) is 23.4 Å².